The molecular formula is C15H25ClN2. The minimum Gasteiger partial charge on any atom is -0.372 e. The summed E-state index contributed by atoms with van der Waals surface area (Å²) in [6.07, 6.45) is 3.25. The lowest BCUT2D eigenvalue weighted by atomic mass is 10.0. The maximum atomic E-state index is 6.33. The fourth-order valence-corrected chi connectivity index (χ4v) is 2.41. The van der Waals surface area contributed by atoms with E-state index < -0.39 is 0 Å². The Hall–Kier alpha value is -0.730. The second-order valence-corrected chi connectivity index (χ2v) is 5.26. The summed E-state index contributed by atoms with van der Waals surface area (Å²) in [6.45, 7) is 8.52. The third-order valence-electron chi connectivity index (χ3n) is 3.12. The zero-order valence-corrected chi connectivity index (χ0v) is 12.5. The fourth-order valence-electron chi connectivity index (χ4n) is 2.17. The van der Waals surface area contributed by atoms with Gasteiger partial charge in [-0.25, -0.2) is 0 Å². The average Bonchev–Trinajstić information content (AvgIpc) is 2.33. The Labute approximate surface area is 116 Å². The van der Waals surface area contributed by atoms with Crippen LogP contribution in [-0.4, -0.2) is 19.1 Å². The van der Waals surface area contributed by atoms with Gasteiger partial charge >= 0.3 is 0 Å². The van der Waals surface area contributed by atoms with Gasteiger partial charge in [0.05, 0.1) is 0 Å². The van der Waals surface area contributed by atoms with E-state index >= 15 is 0 Å². The molecule has 2 N–H and O–H groups in total. The predicted octanol–water partition coefficient (Wildman–Crippen LogP) is 3.86. The minimum atomic E-state index is 0.133. The van der Waals surface area contributed by atoms with Crippen LogP contribution < -0.4 is 10.6 Å². The molecule has 0 spiro atoms. The van der Waals surface area contributed by atoms with Crippen LogP contribution in [0.15, 0.2) is 18.2 Å². The molecule has 18 heavy (non-hydrogen) atoms. The zero-order chi connectivity index (χ0) is 13.5. The molecule has 1 unspecified atom stereocenters. The Morgan fingerprint density at radius 3 is 2.61 bits per heavy atom. The molecule has 1 atom stereocenters. The number of hydrogen-bond donors (Lipinski definition) is 1. The molecule has 1 aromatic rings. The molecule has 0 heterocycles. The van der Waals surface area contributed by atoms with Crippen LogP contribution in [0.4, 0.5) is 5.69 Å². The second-order valence-electron chi connectivity index (χ2n) is 4.85. The monoisotopic (exact) mass is 268 g/mol. The van der Waals surface area contributed by atoms with E-state index in [9.17, 15) is 0 Å². The summed E-state index contributed by atoms with van der Waals surface area (Å²) in [5.74, 6) is 0. The van der Waals surface area contributed by atoms with Gasteiger partial charge in [0.15, 0.2) is 0 Å². The summed E-state index contributed by atoms with van der Waals surface area (Å²) in [6, 6.07) is 6.27. The lowest BCUT2D eigenvalue weighted by Crippen LogP contribution is -2.27. The van der Waals surface area contributed by atoms with Crippen molar-refractivity contribution in [1.82, 2.24) is 0 Å². The van der Waals surface area contributed by atoms with Crippen LogP contribution in [0.3, 0.4) is 0 Å². The van der Waals surface area contributed by atoms with Gasteiger partial charge in [0, 0.05) is 29.8 Å². The Balaban J connectivity index is 3.00. The first-order chi connectivity index (χ1) is 8.60. The highest BCUT2D eigenvalue weighted by molar-refractivity contribution is 6.31. The molecule has 2 nitrogen and oxygen atoms in total. The average molecular weight is 269 g/mol. The maximum absolute atomic E-state index is 6.33. The van der Waals surface area contributed by atoms with Gasteiger partial charge in [-0.05, 0) is 44.4 Å². The molecule has 1 aromatic carbocycles. The third-order valence-corrected chi connectivity index (χ3v) is 3.48. The van der Waals surface area contributed by atoms with Crippen LogP contribution in [0.2, 0.25) is 5.02 Å². The Morgan fingerprint density at radius 2 is 2.06 bits per heavy atom. The molecule has 1 rings (SSSR count). The van der Waals surface area contributed by atoms with E-state index in [1.54, 1.807) is 0 Å². The zero-order valence-electron chi connectivity index (χ0n) is 11.7. The second kappa shape index (κ2) is 7.65. The number of nitrogens with two attached hydrogens (primary N) is 1. The van der Waals surface area contributed by atoms with E-state index in [2.05, 4.69) is 24.8 Å². The molecule has 0 bridgehead atoms. The summed E-state index contributed by atoms with van der Waals surface area (Å²) in [5, 5.41) is 0.833. The lowest BCUT2D eigenvalue weighted by Gasteiger charge is -2.27. The maximum Gasteiger partial charge on any atom is 0.0459 e. The Kier molecular flexibility index (Phi) is 6.51. The molecule has 0 aliphatic carbocycles. The summed E-state index contributed by atoms with van der Waals surface area (Å²) in [7, 11) is 0. The van der Waals surface area contributed by atoms with E-state index in [4.69, 9.17) is 17.3 Å². The molecule has 0 radical (unpaired) electrons. The highest BCUT2D eigenvalue weighted by atomic mass is 35.5. The molecule has 0 aromatic heterocycles. The van der Waals surface area contributed by atoms with E-state index in [0.29, 0.717) is 0 Å². The van der Waals surface area contributed by atoms with Crippen LogP contribution in [0.1, 0.15) is 39.2 Å². The number of benzene rings is 1. The van der Waals surface area contributed by atoms with Gasteiger partial charge in [0.1, 0.15) is 0 Å². The number of unbranched alkanes of at least 4 members (excludes halogenated alkanes) is 1. The highest BCUT2D eigenvalue weighted by Gasteiger charge is 2.13. The molecule has 0 aliphatic rings. The van der Waals surface area contributed by atoms with Gasteiger partial charge in [-0.3, -0.25) is 0 Å². The van der Waals surface area contributed by atoms with Crippen molar-refractivity contribution < 1.29 is 0 Å². The Bertz CT molecular complexity index is 364. The quantitative estimate of drug-likeness (QED) is 0.814. The number of halogens is 1. The summed E-state index contributed by atoms with van der Waals surface area (Å²) < 4.78 is 0. The minimum absolute atomic E-state index is 0.133. The largest absolute Gasteiger partial charge is 0.372 e. The van der Waals surface area contributed by atoms with Crippen LogP contribution >= 0.6 is 11.6 Å². The van der Waals surface area contributed by atoms with Gasteiger partial charge in [-0.1, -0.05) is 31.0 Å². The lowest BCUT2D eigenvalue weighted by molar-refractivity contribution is 0.710. The van der Waals surface area contributed by atoms with Gasteiger partial charge < -0.3 is 10.6 Å². The first-order valence-corrected chi connectivity index (χ1v) is 7.25. The van der Waals surface area contributed by atoms with Crippen molar-refractivity contribution in [1.29, 1.82) is 0 Å². The normalized spacial score (nSPS) is 12.5. The van der Waals surface area contributed by atoms with Crippen LogP contribution in [0.25, 0.3) is 0 Å². The standard InChI is InChI=1S/C15H25ClN2/c1-4-6-10-18(5-2)15-9-7-8-14(16)13(15)11-12(3)17/h7-9,12H,4-6,10-11,17H2,1-3H3. The molecule has 102 valence electrons. The van der Waals surface area contributed by atoms with Crippen LogP contribution in [-0.2, 0) is 6.42 Å². The fraction of sp³-hybridized carbons (Fsp3) is 0.600. The van der Waals surface area contributed by atoms with Crippen molar-refractivity contribution >= 4 is 17.3 Å². The van der Waals surface area contributed by atoms with E-state index in [1.165, 1.54) is 24.1 Å². The van der Waals surface area contributed by atoms with Gasteiger partial charge in [-0.2, -0.15) is 0 Å². The molecule has 0 saturated carbocycles. The van der Waals surface area contributed by atoms with Crippen molar-refractivity contribution in [3.8, 4) is 0 Å². The summed E-state index contributed by atoms with van der Waals surface area (Å²) >= 11 is 6.33. The molecule has 0 fully saturated rings. The molecule has 0 amide bonds. The summed E-state index contributed by atoms with van der Waals surface area (Å²) in [5.41, 5.74) is 8.36. The van der Waals surface area contributed by atoms with Crippen molar-refractivity contribution in [2.45, 2.75) is 46.1 Å². The van der Waals surface area contributed by atoms with Crippen LogP contribution in [0, 0.1) is 0 Å². The number of hydrogen-bond acceptors (Lipinski definition) is 2. The number of anilines is 1. The van der Waals surface area contributed by atoms with Crippen molar-refractivity contribution in [3.63, 3.8) is 0 Å². The SMILES string of the molecule is CCCCN(CC)c1cccc(Cl)c1CC(C)N. The highest BCUT2D eigenvalue weighted by Crippen LogP contribution is 2.28. The first kappa shape index (κ1) is 15.3. The van der Waals surface area contributed by atoms with E-state index in [1.807, 2.05) is 19.1 Å². The Morgan fingerprint density at radius 1 is 1.33 bits per heavy atom. The van der Waals surface area contributed by atoms with Gasteiger partial charge in [-0.15, -0.1) is 0 Å². The molecular weight excluding hydrogens is 244 g/mol. The number of nitrogens with zero attached hydrogens (tertiary/aromatic N) is 1. The van der Waals surface area contributed by atoms with E-state index in [-0.39, 0.29) is 6.04 Å². The van der Waals surface area contributed by atoms with Gasteiger partial charge in [0.2, 0.25) is 0 Å². The third kappa shape index (κ3) is 4.18. The summed E-state index contributed by atoms with van der Waals surface area (Å²) in [4.78, 5) is 2.40. The molecule has 0 saturated heterocycles. The van der Waals surface area contributed by atoms with Gasteiger partial charge in [0.25, 0.3) is 0 Å². The van der Waals surface area contributed by atoms with Crippen LogP contribution in [0.5, 0.6) is 0 Å². The van der Waals surface area contributed by atoms with Crippen molar-refractivity contribution in [2.75, 3.05) is 18.0 Å². The number of rotatable bonds is 7. The van der Waals surface area contributed by atoms with E-state index in [0.717, 1.165) is 24.5 Å². The molecule has 0 aliphatic heterocycles. The first-order valence-electron chi connectivity index (χ1n) is 6.88. The smallest absolute Gasteiger partial charge is 0.0459 e. The predicted molar refractivity (Wildman–Crippen MR) is 81.6 cm³/mol. The molecule has 3 heteroatoms. The topological polar surface area (TPSA) is 29.3 Å². The van der Waals surface area contributed by atoms with Crippen molar-refractivity contribution in [3.05, 3.63) is 28.8 Å². The van der Waals surface area contributed by atoms with Crippen molar-refractivity contribution in [2.24, 2.45) is 5.73 Å².